The van der Waals surface area contributed by atoms with Gasteiger partial charge in [0.25, 0.3) is 0 Å². The summed E-state index contributed by atoms with van der Waals surface area (Å²) in [6.07, 6.45) is -1.75. The lowest BCUT2D eigenvalue weighted by Gasteiger charge is -2.12. The number of ether oxygens (including phenoxy) is 1. The first-order chi connectivity index (χ1) is 10.4. The van der Waals surface area contributed by atoms with Gasteiger partial charge in [-0.05, 0) is 17.9 Å². The van der Waals surface area contributed by atoms with E-state index < -0.39 is 12.8 Å². The van der Waals surface area contributed by atoms with Crippen LogP contribution in [0.4, 0.5) is 13.2 Å². The van der Waals surface area contributed by atoms with Crippen LogP contribution < -0.4 is 15.4 Å². The van der Waals surface area contributed by atoms with Crippen LogP contribution >= 0.6 is 24.0 Å². The highest BCUT2D eigenvalue weighted by Crippen LogP contribution is 2.28. The quantitative estimate of drug-likeness (QED) is 0.417. The summed E-state index contributed by atoms with van der Waals surface area (Å²) in [5, 5.41) is 6.41. The number of alkyl halides is 3. The number of nitrogens with one attached hydrogen (secondary N) is 2. The number of hydrogen-bond acceptors (Lipinski definition) is 3. The van der Waals surface area contributed by atoms with Crippen LogP contribution in [-0.4, -0.2) is 36.8 Å². The number of guanidine groups is 1. The minimum absolute atomic E-state index is 0. The van der Waals surface area contributed by atoms with E-state index >= 15 is 0 Å². The maximum absolute atomic E-state index is 12.0. The Labute approximate surface area is 150 Å². The van der Waals surface area contributed by atoms with Gasteiger partial charge in [-0.25, -0.2) is 4.98 Å². The smallest absolute Gasteiger partial charge is 0.422 e. The maximum atomic E-state index is 12.0. The fourth-order valence-electron chi connectivity index (χ4n) is 1.84. The second kappa shape index (κ2) is 8.55. The Hall–Kier alpha value is -1.26. The molecule has 2 unspecified atom stereocenters. The zero-order chi connectivity index (χ0) is 16.2. The Bertz CT molecular complexity index is 522. The molecule has 1 heterocycles. The molecule has 0 saturated heterocycles. The van der Waals surface area contributed by atoms with Crippen molar-refractivity contribution in [2.75, 3.05) is 13.7 Å². The van der Waals surface area contributed by atoms with Crippen LogP contribution in [0.2, 0.25) is 0 Å². The molecule has 9 heteroatoms. The van der Waals surface area contributed by atoms with Crippen molar-refractivity contribution in [2.24, 2.45) is 10.9 Å². The molecule has 0 radical (unpaired) electrons. The lowest BCUT2D eigenvalue weighted by atomic mass is 10.3. The topological polar surface area (TPSA) is 58.5 Å². The van der Waals surface area contributed by atoms with E-state index in [0.717, 1.165) is 12.0 Å². The third-order valence-corrected chi connectivity index (χ3v) is 3.30. The molecule has 2 N–H and O–H groups in total. The van der Waals surface area contributed by atoms with Crippen LogP contribution in [0.15, 0.2) is 23.3 Å². The van der Waals surface area contributed by atoms with Crippen molar-refractivity contribution in [1.82, 2.24) is 15.6 Å². The average Bonchev–Trinajstić information content (AvgIpc) is 3.16. The highest BCUT2D eigenvalue weighted by Gasteiger charge is 2.33. The first-order valence-electron chi connectivity index (χ1n) is 6.99. The van der Waals surface area contributed by atoms with Crippen LogP contribution in [0.3, 0.4) is 0 Å². The summed E-state index contributed by atoms with van der Waals surface area (Å²) in [6.45, 7) is 1.30. The SMILES string of the molecule is CN=C(NCc1ccc(OCC(F)(F)F)nc1)NC1CC1C.I. The Balaban J connectivity index is 0.00000264. The van der Waals surface area contributed by atoms with Gasteiger partial charge in [0.05, 0.1) is 0 Å². The fraction of sp³-hybridized carbons (Fsp3) is 0.571. The monoisotopic (exact) mass is 444 g/mol. The first kappa shape index (κ1) is 19.8. The van der Waals surface area contributed by atoms with Crippen LogP contribution in [0.1, 0.15) is 18.9 Å². The fourth-order valence-corrected chi connectivity index (χ4v) is 1.84. The molecule has 1 aliphatic rings. The third kappa shape index (κ3) is 7.23. The molecule has 0 aromatic carbocycles. The number of halogens is 4. The second-order valence-corrected chi connectivity index (χ2v) is 5.30. The zero-order valence-electron chi connectivity index (χ0n) is 12.9. The van der Waals surface area contributed by atoms with Gasteiger partial charge in [-0.1, -0.05) is 13.0 Å². The zero-order valence-corrected chi connectivity index (χ0v) is 15.2. The summed E-state index contributed by atoms with van der Waals surface area (Å²) in [6, 6.07) is 3.54. The van der Waals surface area contributed by atoms with Crippen molar-refractivity contribution < 1.29 is 17.9 Å². The van der Waals surface area contributed by atoms with Gasteiger partial charge >= 0.3 is 6.18 Å². The van der Waals surface area contributed by atoms with Crippen LogP contribution in [0, 0.1) is 5.92 Å². The molecule has 0 spiro atoms. The molecular weight excluding hydrogens is 424 g/mol. The van der Waals surface area contributed by atoms with Crippen molar-refractivity contribution in [3.8, 4) is 5.88 Å². The normalized spacial score (nSPS) is 20.5. The molecule has 1 saturated carbocycles. The van der Waals surface area contributed by atoms with Gasteiger partial charge in [-0.15, -0.1) is 24.0 Å². The standard InChI is InChI=1S/C14H19F3N4O.HI/c1-9-5-11(9)21-13(18-2)20-7-10-3-4-12(19-6-10)22-8-14(15,16)17;/h3-4,6,9,11H,5,7-8H2,1-2H3,(H2,18,20,21);1H. The van der Waals surface area contributed by atoms with Crippen molar-refractivity contribution in [3.63, 3.8) is 0 Å². The number of hydrogen-bond donors (Lipinski definition) is 2. The molecule has 23 heavy (non-hydrogen) atoms. The lowest BCUT2D eigenvalue weighted by Crippen LogP contribution is -2.38. The Morgan fingerprint density at radius 3 is 2.61 bits per heavy atom. The number of nitrogens with zero attached hydrogens (tertiary/aromatic N) is 2. The van der Waals surface area contributed by atoms with Gasteiger partial charge in [-0.3, -0.25) is 4.99 Å². The molecular formula is C14H20F3IN4O. The predicted octanol–water partition coefficient (Wildman–Crippen LogP) is 2.71. The molecule has 0 bridgehead atoms. The highest BCUT2D eigenvalue weighted by atomic mass is 127. The summed E-state index contributed by atoms with van der Waals surface area (Å²) >= 11 is 0. The molecule has 1 aromatic rings. The van der Waals surface area contributed by atoms with Crippen molar-refractivity contribution >= 4 is 29.9 Å². The van der Waals surface area contributed by atoms with E-state index in [0.29, 0.717) is 24.5 Å². The van der Waals surface area contributed by atoms with E-state index in [2.05, 4.69) is 32.3 Å². The van der Waals surface area contributed by atoms with E-state index in [-0.39, 0.29) is 29.9 Å². The Morgan fingerprint density at radius 2 is 2.13 bits per heavy atom. The average molecular weight is 444 g/mol. The number of rotatable bonds is 5. The summed E-state index contributed by atoms with van der Waals surface area (Å²) in [5.74, 6) is 1.31. The summed E-state index contributed by atoms with van der Waals surface area (Å²) < 4.78 is 40.6. The largest absolute Gasteiger partial charge is 0.468 e. The third-order valence-electron chi connectivity index (χ3n) is 3.30. The highest BCUT2D eigenvalue weighted by molar-refractivity contribution is 14.0. The van der Waals surface area contributed by atoms with Gasteiger partial charge in [0, 0.05) is 31.9 Å². The van der Waals surface area contributed by atoms with Gasteiger partial charge < -0.3 is 15.4 Å². The minimum Gasteiger partial charge on any atom is -0.468 e. The maximum Gasteiger partial charge on any atom is 0.422 e. The Morgan fingerprint density at radius 1 is 1.43 bits per heavy atom. The molecule has 5 nitrogen and oxygen atoms in total. The molecule has 2 atom stereocenters. The second-order valence-electron chi connectivity index (χ2n) is 5.30. The van der Waals surface area contributed by atoms with Gasteiger partial charge in [-0.2, -0.15) is 13.2 Å². The van der Waals surface area contributed by atoms with E-state index in [1.54, 1.807) is 13.1 Å². The summed E-state index contributed by atoms with van der Waals surface area (Å²) in [7, 11) is 1.69. The van der Waals surface area contributed by atoms with Crippen LogP contribution in [-0.2, 0) is 6.54 Å². The number of aliphatic imine (C=N–C) groups is 1. The molecule has 2 rings (SSSR count). The van der Waals surface area contributed by atoms with E-state index in [4.69, 9.17) is 0 Å². The number of pyridine rings is 1. The van der Waals surface area contributed by atoms with Crippen molar-refractivity contribution in [2.45, 2.75) is 32.1 Å². The van der Waals surface area contributed by atoms with Gasteiger partial charge in [0.2, 0.25) is 5.88 Å². The van der Waals surface area contributed by atoms with Gasteiger partial charge in [0.15, 0.2) is 12.6 Å². The van der Waals surface area contributed by atoms with Crippen molar-refractivity contribution in [3.05, 3.63) is 23.9 Å². The summed E-state index contributed by atoms with van der Waals surface area (Å²) in [4.78, 5) is 7.96. The van der Waals surface area contributed by atoms with Crippen molar-refractivity contribution in [1.29, 1.82) is 0 Å². The van der Waals surface area contributed by atoms with E-state index in [1.807, 2.05) is 0 Å². The van der Waals surface area contributed by atoms with E-state index in [9.17, 15) is 13.2 Å². The molecule has 0 aliphatic heterocycles. The minimum atomic E-state index is -4.36. The first-order valence-corrected chi connectivity index (χ1v) is 6.99. The molecule has 1 aromatic heterocycles. The summed E-state index contributed by atoms with van der Waals surface area (Å²) in [5.41, 5.74) is 0.825. The van der Waals surface area contributed by atoms with Crippen LogP contribution in [0.25, 0.3) is 0 Å². The van der Waals surface area contributed by atoms with E-state index in [1.165, 1.54) is 12.3 Å². The molecule has 0 amide bonds. The predicted molar refractivity (Wildman–Crippen MR) is 92.1 cm³/mol. The lowest BCUT2D eigenvalue weighted by molar-refractivity contribution is -0.154. The van der Waals surface area contributed by atoms with Crippen LogP contribution in [0.5, 0.6) is 5.88 Å². The molecule has 1 fully saturated rings. The molecule has 1 aliphatic carbocycles. The van der Waals surface area contributed by atoms with Gasteiger partial charge in [0.1, 0.15) is 0 Å². The Kier molecular flexibility index (Phi) is 7.36. The molecule has 130 valence electrons. The number of aromatic nitrogens is 1.